The number of nitrogen functional groups attached to an aromatic ring is 1. The van der Waals surface area contributed by atoms with Crippen molar-refractivity contribution in [2.75, 3.05) is 26.1 Å². The van der Waals surface area contributed by atoms with Crippen LogP contribution in [0.15, 0.2) is 182 Å². The van der Waals surface area contributed by atoms with Gasteiger partial charge in [-0.1, -0.05) is 177 Å². The summed E-state index contributed by atoms with van der Waals surface area (Å²) in [6.45, 7) is 7.37. The van der Waals surface area contributed by atoms with E-state index in [1.165, 1.54) is 11.1 Å². The maximum Gasteiger partial charge on any atom is 0.219 e. The van der Waals surface area contributed by atoms with Gasteiger partial charge in [0.2, 0.25) is 12.2 Å². The van der Waals surface area contributed by atoms with Crippen LogP contribution in [0.25, 0.3) is 28.2 Å². The van der Waals surface area contributed by atoms with Crippen molar-refractivity contribution in [3.05, 3.63) is 233 Å². The summed E-state index contributed by atoms with van der Waals surface area (Å²) in [7, 11) is 1.69. The smallest absolute Gasteiger partial charge is 0.219 e. The van der Waals surface area contributed by atoms with Gasteiger partial charge in [-0.2, -0.15) is 0 Å². The number of aryl methyl sites for hydroxylation is 1. The number of imidazole rings is 1. The first-order valence-corrected chi connectivity index (χ1v) is 24.0. The van der Waals surface area contributed by atoms with Crippen molar-refractivity contribution in [3.8, 4) is 28.4 Å². The molecule has 6 aromatic carbocycles. The SMILES string of the molecule is CCOC(OCC)C(=O)Cc1ccccc1.CCc1ccc(-c2cnc(N)c(Cc3ccccc3)n2)cc1.COCc1ccc(-c2cn3c(O)c(Cc4ccccc4)nc3c(Cc3ccccc3)n2)cc1. The fraction of sp³-hybridized carbons (Fsp3) is 0.217. The van der Waals surface area contributed by atoms with E-state index >= 15 is 0 Å². The Morgan fingerprint density at radius 3 is 1.54 bits per heavy atom. The Balaban J connectivity index is 0.000000169. The van der Waals surface area contributed by atoms with Crippen LogP contribution in [0, 0.1) is 0 Å². The predicted octanol–water partition coefficient (Wildman–Crippen LogP) is 11.5. The van der Waals surface area contributed by atoms with Crippen LogP contribution in [0.1, 0.15) is 71.2 Å². The molecule has 3 N–H and O–H groups in total. The van der Waals surface area contributed by atoms with Crippen LogP contribution < -0.4 is 5.73 Å². The average Bonchev–Trinajstić information content (AvgIpc) is 3.72. The van der Waals surface area contributed by atoms with Gasteiger partial charge in [-0.25, -0.2) is 19.9 Å². The quantitative estimate of drug-likeness (QED) is 0.0797. The number of hydrogen-bond donors (Lipinski definition) is 2. The number of rotatable bonds is 18. The molecule has 9 aromatic rings. The van der Waals surface area contributed by atoms with Gasteiger partial charge >= 0.3 is 0 Å². The molecule has 3 aromatic heterocycles. The lowest BCUT2D eigenvalue weighted by Gasteiger charge is -2.15. The van der Waals surface area contributed by atoms with Gasteiger partial charge in [0.05, 0.1) is 35.6 Å². The van der Waals surface area contributed by atoms with Crippen LogP contribution in [0.3, 0.4) is 0 Å². The van der Waals surface area contributed by atoms with Crippen LogP contribution in [0.2, 0.25) is 0 Å². The normalized spacial score (nSPS) is 10.9. The summed E-state index contributed by atoms with van der Waals surface area (Å²) in [5, 5.41) is 11.1. The van der Waals surface area contributed by atoms with Crippen molar-refractivity contribution in [1.29, 1.82) is 0 Å². The number of hydrogen-bond acceptors (Lipinski definition) is 10. The maximum absolute atomic E-state index is 11.8. The number of Topliss-reactive ketones (excluding diaryl/α,β-unsaturated/α-hetero) is 1. The van der Waals surface area contributed by atoms with E-state index < -0.39 is 6.29 Å². The molecule has 0 radical (unpaired) electrons. The summed E-state index contributed by atoms with van der Waals surface area (Å²) in [5.74, 6) is 0.621. The Morgan fingerprint density at radius 2 is 1.03 bits per heavy atom. The fourth-order valence-corrected chi connectivity index (χ4v) is 7.86. The minimum atomic E-state index is -0.727. The molecule has 0 spiro atoms. The lowest BCUT2D eigenvalue weighted by atomic mass is 10.1. The zero-order valence-corrected chi connectivity index (χ0v) is 40.9. The van der Waals surface area contributed by atoms with Crippen molar-refractivity contribution >= 4 is 17.2 Å². The molecule has 0 atom stereocenters. The summed E-state index contributed by atoms with van der Waals surface area (Å²) in [6.07, 6.45) is 6.15. The molecule has 9 rings (SSSR count). The maximum atomic E-state index is 11.8. The molecule has 0 aliphatic heterocycles. The van der Waals surface area contributed by atoms with Gasteiger partial charge in [0.25, 0.3) is 0 Å². The van der Waals surface area contributed by atoms with Gasteiger partial charge in [-0.05, 0) is 53.6 Å². The second-order valence-corrected chi connectivity index (χ2v) is 16.8. The molecular weight excluding hydrogens is 885 g/mol. The molecule has 11 nitrogen and oxygen atoms in total. The van der Waals surface area contributed by atoms with Crippen molar-refractivity contribution < 1.29 is 24.1 Å². The van der Waals surface area contributed by atoms with Gasteiger partial charge in [-0.15, -0.1) is 0 Å². The van der Waals surface area contributed by atoms with Crippen LogP contribution in [0.5, 0.6) is 5.88 Å². The van der Waals surface area contributed by atoms with Gasteiger partial charge in [0, 0.05) is 63.3 Å². The number of carbonyl (C=O) groups is 1. The van der Waals surface area contributed by atoms with Gasteiger partial charge in [-0.3, -0.25) is 9.20 Å². The number of nitrogens with zero attached hydrogens (tertiary/aromatic N) is 5. The molecule has 3 heterocycles. The van der Waals surface area contributed by atoms with Gasteiger partial charge in [0.15, 0.2) is 11.4 Å². The molecule has 0 aliphatic rings. The van der Waals surface area contributed by atoms with Crippen LogP contribution in [-0.2, 0) is 57.7 Å². The highest BCUT2D eigenvalue weighted by Crippen LogP contribution is 2.29. The Morgan fingerprint density at radius 1 is 0.563 bits per heavy atom. The number of anilines is 1. The second kappa shape index (κ2) is 26.2. The first kappa shape index (κ1) is 51.0. The number of fused-ring (bicyclic) bond motifs is 1. The second-order valence-electron chi connectivity index (χ2n) is 16.8. The van der Waals surface area contributed by atoms with Crippen LogP contribution in [-0.4, -0.2) is 61.8 Å². The molecule has 362 valence electrons. The third-order valence-electron chi connectivity index (χ3n) is 11.6. The molecule has 71 heavy (non-hydrogen) atoms. The average molecular weight is 947 g/mol. The van der Waals surface area contributed by atoms with Gasteiger partial charge in [0.1, 0.15) is 11.5 Å². The van der Waals surface area contributed by atoms with E-state index in [0.717, 1.165) is 62.6 Å². The lowest BCUT2D eigenvalue weighted by molar-refractivity contribution is -0.167. The molecule has 0 unspecified atom stereocenters. The molecule has 11 heteroatoms. The fourth-order valence-electron chi connectivity index (χ4n) is 7.86. The van der Waals surface area contributed by atoms with Crippen molar-refractivity contribution in [2.45, 2.75) is 65.8 Å². The number of methoxy groups -OCH3 is 1. The number of nitrogens with two attached hydrogens (primary N) is 1. The lowest BCUT2D eigenvalue weighted by Crippen LogP contribution is -2.29. The molecule has 0 saturated carbocycles. The third-order valence-corrected chi connectivity index (χ3v) is 11.6. The molecule has 0 aliphatic carbocycles. The highest BCUT2D eigenvalue weighted by Gasteiger charge is 2.20. The van der Waals surface area contributed by atoms with E-state index in [1.807, 2.05) is 141 Å². The van der Waals surface area contributed by atoms with E-state index in [2.05, 4.69) is 60.4 Å². The molecule has 0 amide bonds. The Labute approximate surface area is 417 Å². The first-order valence-electron chi connectivity index (χ1n) is 24.0. The topological polar surface area (TPSA) is 147 Å². The van der Waals surface area contributed by atoms with Crippen molar-refractivity contribution in [1.82, 2.24) is 24.3 Å². The number of ketones is 1. The summed E-state index contributed by atoms with van der Waals surface area (Å²) in [6, 6.07) is 56.6. The molecule has 0 saturated heterocycles. The van der Waals surface area contributed by atoms with Crippen LogP contribution in [0.4, 0.5) is 5.82 Å². The minimum Gasteiger partial charge on any atom is -0.493 e. The summed E-state index contributed by atoms with van der Waals surface area (Å²) < 4.78 is 17.5. The minimum absolute atomic E-state index is 0.0325. The van der Waals surface area contributed by atoms with E-state index in [0.29, 0.717) is 62.7 Å². The van der Waals surface area contributed by atoms with E-state index in [-0.39, 0.29) is 11.7 Å². The number of ether oxygens (including phenoxy) is 3. The number of aromatic nitrogens is 5. The monoisotopic (exact) mass is 946 g/mol. The van der Waals surface area contributed by atoms with E-state index in [4.69, 9.17) is 34.9 Å². The molecule has 0 fully saturated rings. The zero-order chi connectivity index (χ0) is 49.8. The predicted molar refractivity (Wildman–Crippen MR) is 282 cm³/mol. The number of carbonyl (C=O) groups excluding carboxylic acids is 1. The van der Waals surface area contributed by atoms with Crippen molar-refractivity contribution in [2.24, 2.45) is 0 Å². The standard InChI is InChI=1S/C28H25N3O2.C19H19N3.C13H18O3/c1-33-19-22-12-14-23(15-13-22)26-18-31-27(24(29-26)16-20-8-4-2-5-9-20)30-25(28(31)32)17-21-10-6-3-7-11-21;1-2-14-8-10-16(11-9-14)18-13-21-19(20)17(22-18)12-15-6-4-3-5-7-15;1-3-15-13(16-4-2)12(14)10-11-8-6-5-7-9-11/h2-15,18,32H,16-17,19H2,1H3;3-11,13H,2,12H2,1H3,(H2,20,21);5-9,13H,3-4,10H2,1-2H3. The number of benzene rings is 6. The Hall–Kier alpha value is -7.83. The van der Waals surface area contributed by atoms with Gasteiger partial charge < -0.3 is 25.1 Å². The Bertz CT molecular complexity index is 3020. The van der Waals surface area contributed by atoms with Crippen molar-refractivity contribution in [3.63, 3.8) is 0 Å². The highest BCUT2D eigenvalue weighted by molar-refractivity contribution is 5.84. The van der Waals surface area contributed by atoms with E-state index in [9.17, 15) is 9.90 Å². The van der Waals surface area contributed by atoms with E-state index in [1.54, 1.807) is 17.7 Å². The third kappa shape index (κ3) is 14.6. The first-order chi connectivity index (χ1) is 34.7. The molecular formula is C60H62N6O5. The summed E-state index contributed by atoms with van der Waals surface area (Å²) >= 11 is 0. The molecule has 0 bridgehead atoms. The number of aromatic hydroxyl groups is 1. The largest absolute Gasteiger partial charge is 0.493 e. The summed E-state index contributed by atoms with van der Waals surface area (Å²) in [4.78, 5) is 30.6. The highest BCUT2D eigenvalue weighted by atomic mass is 16.7. The summed E-state index contributed by atoms with van der Waals surface area (Å²) in [5.41, 5.74) is 19.5. The van der Waals surface area contributed by atoms with Crippen LogP contribution >= 0.6 is 0 Å². The zero-order valence-electron chi connectivity index (χ0n) is 40.9. The Kier molecular flexibility index (Phi) is 18.9.